The van der Waals surface area contributed by atoms with Gasteiger partial charge in [0.05, 0.1) is 6.61 Å². The molecule has 0 aromatic heterocycles. The molecule has 0 N–H and O–H groups in total. The molecule has 0 aliphatic heterocycles. The van der Waals surface area contributed by atoms with E-state index in [1.165, 1.54) is 0 Å². The van der Waals surface area contributed by atoms with Gasteiger partial charge in [0.1, 0.15) is 0 Å². The van der Waals surface area contributed by atoms with Crippen molar-refractivity contribution in [3.8, 4) is 12.3 Å². The van der Waals surface area contributed by atoms with Gasteiger partial charge in [-0.1, -0.05) is 45.5 Å². The average Bonchev–Trinajstić information content (AvgIpc) is 2.53. The minimum Gasteiger partial charge on any atom is -0.466 e. The van der Waals surface area contributed by atoms with Gasteiger partial charge in [-0.15, -0.1) is 6.42 Å². The van der Waals surface area contributed by atoms with Crippen LogP contribution in [-0.4, -0.2) is 24.6 Å². The molecule has 0 saturated heterocycles. The Morgan fingerprint density at radius 2 is 1.42 bits per heavy atom. The van der Waals surface area contributed by atoms with E-state index in [-0.39, 0.29) is 11.9 Å². The number of carbonyl (C=O) groups is 2. The Bertz CT molecular complexity index is 382. The van der Waals surface area contributed by atoms with E-state index in [2.05, 4.69) is 19.8 Å². The Balaban J connectivity index is 3.34. The number of terminal acetylenes is 1. The molecular weight excluding hydrogens is 304 g/mol. The smallest absolute Gasteiger partial charge is 0.307 e. The van der Waals surface area contributed by atoms with Crippen molar-refractivity contribution in [1.82, 2.24) is 0 Å². The summed E-state index contributed by atoms with van der Waals surface area (Å²) in [4.78, 5) is 22.9. The van der Waals surface area contributed by atoms with Crippen LogP contribution < -0.4 is 0 Å². The maximum absolute atomic E-state index is 11.5. The Labute approximate surface area is 147 Å². The van der Waals surface area contributed by atoms with E-state index in [1.54, 1.807) is 6.92 Å². The maximum Gasteiger partial charge on any atom is 0.307 e. The van der Waals surface area contributed by atoms with Crippen molar-refractivity contribution in [3.63, 3.8) is 0 Å². The van der Waals surface area contributed by atoms with Gasteiger partial charge in [-0.3, -0.25) is 9.59 Å². The third-order valence-corrected chi connectivity index (χ3v) is 3.74. The molecule has 0 aromatic rings. The third kappa shape index (κ3) is 15.4. The van der Waals surface area contributed by atoms with Gasteiger partial charge < -0.3 is 9.47 Å². The van der Waals surface area contributed by atoms with Crippen LogP contribution in [0.15, 0.2) is 0 Å². The number of esters is 2. The number of carbonyl (C=O) groups excluding carboxylic acids is 2. The second kappa shape index (κ2) is 15.1. The largest absolute Gasteiger partial charge is 0.466 e. The molecule has 138 valence electrons. The molecule has 0 aliphatic carbocycles. The molecule has 0 aromatic carbocycles. The lowest BCUT2D eigenvalue weighted by Crippen LogP contribution is -2.12. The second-order valence-corrected chi connectivity index (χ2v) is 6.68. The van der Waals surface area contributed by atoms with Gasteiger partial charge in [0.2, 0.25) is 0 Å². The first kappa shape index (κ1) is 22.5. The quantitative estimate of drug-likeness (QED) is 0.263. The monoisotopic (exact) mass is 338 g/mol. The van der Waals surface area contributed by atoms with Gasteiger partial charge in [0, 0.05) is 12.8 Å². The lowest BCUT2D eigenvalue weighted by Gasteiger charge is -2.07. The normalized spacial score (nSPS) is 11.8. The molecule has 0 radical (unpaired) electrons. The molecule has 0 rings (SSSR count). The van der Waals surface area contributed by atoms with E-state index in [0.717, 1.165) is 51.4 Å². The number of unbranched alkanes of at least 4 members (excludes halogenated alkanes) is 5. The minimum atomic E-state index is -0.442. The lowest BCUT2D eigenvalue weighted by atomic mass is 10.1. The highest BCUT2D eigenvalue weighted by atomic mass is 16.5. The predicted octanol–water partition coefficient (Wildman–Crippen LogP) is 4.65. The molecular formula is C20H34O4. The van der Waals surface area contributed by atoms with Gasteiger partial charge >= 0.3 is 11.9 Å². The molecule has 0 aliphatic rings. The standard InChI is InChI=1S/C20H34O4/c1-5-18(4)24-20(22)15-11-9-7-6-8-10-14-19(21)23-16-12-13-17(2)3/h1,17-18H,6-16H2,2-4H3. The van der Waals surface area contributed by atoms with E-state index in [4.69, 9.17) is 15.9 Å². The van der Waals surface area contributed by atoms with Crippen LogP contribution in [0, 0.1) is 18.3 Å². The summed E-state index contributed by atoms with van der Waals surface area (Å²) in [7, 11) is 0. The van der Waals surface area contributed by atoms with E-state index >= 15 is 0 Å². The first-order valence-electron chi connectivity index (χ1n) is 9.27. The zero-order chi connectivity index (χ0) is 18.2. The highest BCUT2D eigenvalue weighted by Gasteiger charge is 2.06. The van der Waals surface area contributed by atoms with Crippen LogP contribution in [0.5, 0.6) is 0 Å². The van der Waals surface area contributed by atoms with E-state index in [9.17, 15) is 9.59 Å². The Morgan fingerprint density at radius 1 is 0.875 bits per heavy atom. The van der Waals surface area contributed by atoms with Crippen LogP contribution in [0.1, 0.15) is 85.0 Å². The molecule has 0 bridgehead atoms. The third-order valence-electron chi connectivity index (χ3n) is 3.74. The van der Waals surface area contributed by atoms with Crippen LogP contribution in [0.25, 0.3) is 0 Å². The van der Waals surface area contributed by atoms with E-state index in [1.807, 2.05) is 0 Å². The Hall–Kier alpha value is -1.50. The molecule has 4 nitrogen and oxygen atoms in total. The van der Waals surface area contributed by atoms with E-state index < -0.39 is 6.10 Å². The molecule has 0 amide bonds. The molecule has 0 heterocycles. The fourth-order valence-corrected chi connectivity index (χ4v) is 2.29. The number of hydrogen-bond acceptors (Lipinski definition) is 4. The van der Waals surface area contributed by atoms with Gasteiger partial charge in [0.25, 0.3) is 0 Å². The molecule has 0 saturated carbocycles. The highest BCUT2D eigenvalue weighted by molar-refractivity contribution is 5.69. The van der Waals surface area contributed by atoms with Crippen LogP contribution in [0.3, 0.4) is 0 Å². The van der Waals surface area contributed by atoms with Crippen LogP contribution >= 0.6 is 0 Å². The summed E-state index contributed by atoms with van der Waals surface area (Å²) in [5, 5.41) is 0. The molecule has 24 heavy (non-hydrogen) atoms. The molecule has 0 spiro atoms. The van der Waals surface area contributed by atoms with Crippen molar-refractivity contribution in [2.75, 3.05) is 6.61 Å². The van der Waals surface area contributed by atoms with Crippen molar-refractivity contribution in [2.24, 2.45) is 5.92 Å². The van der Waals surface area contributed by atoms with Crippen molar-refractivity contribution in [2.45, 2.75) is 91.1 Å². The fourth-order valence-electron chi connectivity index (χ4n) is 2.29. The summed E-state index contributed by atoms with van der Waals surface area (Å²) >= 11 is 0. The number of hydrogen-bond donors (Lipinski definition) is 0. The molecule has 1 unspecified atom stereocenters. The summed E-state index contributed by atoms with van der Waals surface area (Å²) in [6.07, 6.45) is 13.6. The molecule has 1 atom stereocenters. The van der Waals surface area contributed by atoms with E-state index in [0.29, 0.717) is 25.4 Å². The van der Waals surface area contributed by atoms with Gasteiger partial charge in [-0.25, -0.2) is 0 Å². The second-order valence-electron chi connectivity index (χ2n) is 6.68. The van der Waals surface area contributed by atoms with Crippen molar-refractivity contribution in [1.29, 1.82) is 0 Å². The lowest BCUT2D eigenvalue weighted by molar-refractivity contribution is -0.146. The number of rotatable bonds is 14. The van der Waals surface area contributed by atoms with Gasteiger partial charge in [-0.05, 0) is 38.5 Å². The molecule has 0 fully saturated rings. The topological polar surface area (TPSA) is 52.6 Å². The summed E-state index contributed by atoms with van der Waals surface area (Å²) in [5.41, 5.74) is 0. The number of ether oxygens (including phenoxy) is 2. The SMILES string of the molecule is C#CC(C)OC(=O)CCCCCCCCC(=O)OCCCC(C)C. The van der Waals surface area contributed by atoms with Crippen molar-refractivity contribution < 1.29 is 19.1 Å². The first-order chi connectivity index (χ1) is 11.5. The Morgan fingerprint density at radius 3 is 1.96 bits per heavy atom. The summed E-state index contributed by atoms with van der Waals surface area (Å²) in [5.74, 6) is 2.73. The van der Waals surface area contributed by atoms with Gasteiger partial charge in [0.15, 0.2) is 6.10 Å². The molecule has 4 heteroatoms. The maximum atomic E-state index is 11.5. The van der Waals surface area contributed by atoms with Crippen molar-refractivity contribution >= 4 is 11.9 Å². The first-order valence-corrected chi connectivity index (χ1v) is 9.27. The Kier molecular flexibility index (Phi) is 14.1. The van der Waals surface area contributed by atoms with Crippen molar-refractivity contribution in [3.05, 3.63) is 0 Å². The average molecular weight is 338 g/mol. The van der Waals surface area contributed by atoms with Gasteiger partial charge in [-0.2, -0.15) is 0 Å². The minimum absolute atomic E-state index is 0.0795. The summed E-state index contributed by atoms with van der Waals surface area (Å²) in [6, 6.07) is 0. The summed E-state index contributed by atoms with van der Waals surface area (Å²) < 4.78 is 10.2. The zero-order valence-electron chi connectivity index (χ0n) is 15.6. The van der Waals surface area contributed by atoms with Crippen LogP contribution in [0.4, 0.5) is 0 Å². The summed E-state index contributed by atoms with van der Waals surface area (Å²) in [6.45, 7) is 6.57. The highest BCUT2D eigenvalue weighted by Crippen LogP contribution is 2.10. The predicted molar refractivity (Wildman–Crippen MR) is 96.4 cm³/mol. The zero-order valence-corrected chi connectivity index (χ0v) is 15.6. The van der Waals surface area contributed by atoms with Crippen LogP contribution in [0.2, 0.25) is 0 Å². The van der Waals surface area contributed by atoms with Crippen LogP contribution in [-0.2, 0) is 19.1 Å². The fraction of sp³-hybridized carbons (Fsp3) is 0.800.